The van der Waals surface area contributed by atoms with E-state index < -0.39 is 11.9 Å². The molecular weight excluding hydrogens is 773 g/mol. The van der Waals surface area contributed by atoms with Crippen LogP contribution in [0.1, 0.15) is 75.4 Å². The highest BCUT2D eigenvalue weighted by atomic mass is 32.1. The summed E-state index contributed by atoms with van der Waals surface area (Å²) in [5.41, 5.74) is 6.42. The quantitative estimate of drug-likeness (QED) is 0.139. The van der Waals surface area contributed by atoms with Crippen LogP contribution in [0, 0.1) is 0 Å². The average Bonchev–Trinajstić information content (AvgIpc) is 4.14. The first-order chi connectivity index (χ1) is 29.0. The van der Waals surface area contributed by atoms with Crippen molar-refractivity contribution in [2.45, 2.75) is 50.2 Å². The zero-order valence-corrected chi connectivity index (χ0v) is 33.9. The number of hydrogen-bond acceptors (Lipinski definition) is 8. The van der Waals surface area contributed by atoms with Crippen molar-refractivity contribution in [3.05, 3.63) is 173 Å². The van der Waals surface area contributed by atoms with E-state index in [1.165, 1.54) is 0 Å². The fourth-order valence-electron chi connectivity index (χ4n) is 8.09. The first-order valence-corrected chi connectivity index (χ1v) is 21.7. The summed E-state index contributed by atoms with van der Waals surface area (Å²) in [7, 11) is 0. The van der Waals surface area contributed by atoms with E-state index in [0.717, 1.165) is 85.4 Å². The molecule has 2 aliphatic heterocycles. The number of thiazole rings is 2. The van der Waals surface area contributed by atoms with Crippen molar-refractivity contribution in [2.75, 3.05) is 13.1 Å². The molecule has 0 spiro atoms. The number of amides is 3. The maximum Gasteiger partial charge on any atom is 0.270 e. The SMILES string of the molecule is O=C(N[C@H](C(=O)N1CCC[C@H]1c1ncc(-c2ccc(-c3ccc(-c4cnc([C@@H]5CCCN5C(=O)Cc5ccccc5)s4)cc3)cc2)s1)c1ccccc1)c1ccccn1. The van der Waals surface area contributed by atoms with E-state index in [1.807, 2.05) is 82.9 Å². The van der Waals surface area contributed by atoms with E-state index in [0.29, 0.717) is 13.0 Å². The summed E-state index contributed by atoms with van der Waals surface area (Å²) in [5, 5.41) is 4.84. The van der Waals surface area contributed by atoms with Crippen LogP contribution in [0.25, 0.3) is 32.0 Å². The van der Waals surface area contributed by atoms with E-state index in [1.54, 1.807) is 47.1 Å². The van der Waals surface area contributed by atoms with Gasteiger partial charge in [-0.2, -0.15) is 0 Å². The van der Waals surface area contributed by atoms with Gasteiger partial charge >= 0.3 is 0 Å². The number of nitrogens with one attached hydrogen (secondary N) is 1. The van der Waals surface area contributed by atoms with Gasteiger partial charge in [0.25, 0.3) is 5.91 Å². The molecule has 11 heteroatoms. The predicted octanol–water partition coefficient (Wildman–Crippen LogP) is 9.74. The molecule has 7 aromatic rings. The van der Waals surface area contributed by atoms with E-state index in [-0.39, 0.29) is 29.6 Å². The lowest BCUT2D eigenvalue weighted by atomic mass is 10.0. The molecule has 0 saturated carbocycles. The molecule has 2 aliphatic rings. The third kappa shape index (κ3) is 8.35. The van der Waals surface area contributed by atoms with Crippen LogP contribution < -0.4 is 5.32 Å². The Morgan fingerprint density at radius 1 is 0.610 bits per heavy atom. The molecule has 3 aromatic heterocycles. The highest BCUT2D eigenvalue weighted by molar-refractivity contribution is 7.15. The van der Waals surface area contributed by atoms with Crippen LogP contribution in [0.3, 0.4) is 0 Å². The zero-order valence-electron chi connectivity index (χ0n) is 32.3. The van der Waals surface area contributed by atoms with Crippen LogP contribution in [0.4, 0.5) is 0 Å². The second-order valence-corrected chi connectivity index (χ2v) is 17.0. The van der Waals surface area contributed by atoms with Crippen molar-refractivity contribution in [3.63, 3.8) is 0 Å². The summed E-state index contributed by atoms with van der Waals surface area (Å²) in [6.45, 7) is 1.36. The summed E-state index contributed by atoms with van der Waals surface area (Å²) < 4.78 is 0. The monoisotopic (exact) mass is 814 g/mol. The van der Waals surface area contributed by atoms with Gasteiger partial charge in [-0.3, -0.25) is 19.4 Å². The number of nitrogens with zero attached hydrogens (tertiary/aromatic N) is 5. The Balaban J connectivity index is 0.856. The Kier molecular flexibility index (Phi) is 11.2. The lowest BCUT2D eigenvalue weighted by Gasteiger charge is -2.28. The van der Waals surface area contributed by atoms with Gasteiger partial charge in [-0.05, 0) is 71.2 Å². The molecular formula is C48H42N6O3S2. The van der Waals surface area contributed by atoms with E-state index in [2.05, 4.69) is 58.8 Å². The van der Waals surface area contributed by atoms with Crippen LogP contribution in [0.2, 0.25) is 0 Å². The molecule has 2 fully saturated rings. The fourth-order valence-corrected chi connectivity index (χ4v) is 10.2. The lowest BCUT2D eigenvalue weighted by Crippen LogP contribution is -2.42. The molecule has 4 aromatic carbocycles. The highest BCUT2D eigenvalue weighted by Crippen LogP contribution is 2.40. The van der Waals surface area contributed by atoms with Crippen LogP contribution in [-0.4, -0.2) is 55.6 Å². The molecule has 3 amide bonds. The lowest BCUT2D eigenvalue weighted by molar-refractivity contribution is -0.134. The van der Waals surface area contributed by atoms with E-state index >= 15 is 0 Å². The van der Waals surface area contributed by atoms with Crippen molar-refractivity contribution in [3.8, 4) is 32.0 Å². The van der Waals surface area contributed by atoms with Crippen LogP contribution in [-0.2, 0) is 16.0 Å². The van der Waals surface area contributed by atoms with Gasteiger partial charge in [0.1, 0.15) is 21.8 Å². The fraction of sp³-hybridized carbons (Fsp3) is 0.208. The van der Waals surface area contributed by atoms with Gasteiger partial charge in [-0.25, -0.2) is 9.97 Å². The number of pyridine rings is 1. The van der Waals surface area contributed by atoms with Crippen molar-refractivity contribution >= 4 is 40.4 Å². The van der Waals surface area contributed by atoms with E-state index in [4.69, 9.17) is 9.97 Å². The normalized spacial score (nSPS) is 16.9. The number of carbonyl (C=O) groups excluding carboxylic acids is 3. The summed E-state index contributed by atoms with van der Waals surface area (Å²) in [4.78, 5) is 60.5. The molecule has 0 aliphatic carbocycles. The Hall–Kier alpha value is -6.30. The van der Waals surface area contributed by atoms with Crippen LogP contribution >= 0.6 is 22.7 Å². The molecule has 9 nitrogen and oxygen atoms in total. The minimum atomic E-state index is -0.850. The number of rotatable bonds is 11. The average molecular weight is 815 g/mol. The summed E-state index contributed by atoms with van der Waals surface area (Å²) >= 11 is 3.28. The summed E-state index contributed by atoms with van der Waals surface area (Å²) in [6, 6.07) is 40.6. The second kappa shape index (κ2) is 17.3. The van der Waals surface area contributed by atoms with Crippen molar-refractivity contribution in [1.29, 1.82) is 0 Å². The molecule has 0 unspecified atom stereocenters. The molecule has 59 heavy (non-hydrogen) atoms. The highest BCUT2D eigenvalue weighted by Gasteiger charge is 2.37. The number of aromatic nitrogens is 3. The van der Waals surface area contributed by atoms with Crippen LogP contribution in [0.5, 0.6) is 0 Å². The van der Waals surface area contributed by atoms with Gasteiger partial charge < -0.3 is 15.1 Å². The van der Waals surface area contributed by atoms with Gasteiger partial charge in [0.05, 0.1) is 28.3 Å². The van der Waals surface area contributed by atoms with Gasteiger partial charge in [0.15, 0.2) is 0 Å². The molecule has 2 saturated heterocycles. The Labute approximate surface area is 351 Å². The standard InChI is InChI=1S/C48H42N6O3S2/c55-43(29-32-11-3-1-4-12-32)53-27-9-16-39(53)46-50-30-41(58-46)35-22-18-33(19-23-35)34-20-24-36(25-21-34)42-31-51-47(59-42)40-17-10-28-54(40)48(57)44(37-13-5-2-6-14-37)52-45(56)38-15-7-8-26-49-38/h1-8,11-15,18-26,30-31,39-40,44H,9-10,16-17,27-29H2,(H,52,56)/t39-,40-,44-/m0/s1. The largest absolute Gasteiger partial charge is 0.335 e. The number of likely N-dealkylation sites (tertiary alicyclic amines) is 2. The van der Waals surface area contributed by atoms with Gasteiger partial charge in [0, 0.05) is 31.7 Å². The van der Waals surface area contributed by atoms with Gasteiger partial charge in [-0.1, -0.05) is 115 Å². The van der Waals surface area contributed by atoms with E-state index in [9.17, 15) is 14.4 Å². The number of hydrogen-bond donors (Lipinski definition) is 1. The van der Waals surface area contributed by atoms with Crippen molar-refractivity contribution in [2.24, 2.45) is 0 Å². The maximum absolute atomic E-state index is 14.2. The topological polar surface area (TPSA) is 108 Å². The Bertz CT molecular complexity index is 2540. The Morgan fingerprint density at radius 2 is 1.14 bits per heavy atom. The zero-order chi connectivity index (χ0) is 40.1. The summed E-state index contributed by atoms with van der Waals surface area (Å²) in [6.07, 6.45) is 9.41. The third-order valence-electron chi connectivity index (χ3n) is 11.1. The maximum atomic E-state index is 14.2. The minimum absolute atomic E-state index is 0.0290. The molecule has 0 radical (unpaired) electrons. The summed E-state index contributed by atoms with van der Waals surface area (Å²) in [5.74, 6) is -0.390. The molecule has 0 bridgehead atoms. The second-order valence-electron chi connectivity index (χ2n) is 14.9. The van der Waals surface area contributed by atoms with Gasteiger partial charge in [-0.15, -0.1) is 22.7 Å². The van der Waals surface area contributed by atoms with Crippen molar-refractivity contribution in [1.82, 2.24) is 30.1 Å². The molecule has 294 valence electrons. The molecule has 3 atom stereocenters. The minimum Gasteiger partial charge on any atom is -0.335 e. The Morgan fingerprint density at radius 3 is 1.71 bits per heavy atom. The first-order valence-electron chi connectivity index (χ1n) is 20.0. The van der Waals surface area contributed by atoms with Gasteiger partial charge in [0.2, 0.25) is 11.8 Å². The molecule has 9 rings (SSSR count). The number of benzene rings is 4. The predicted molar refractivity (Wildman–Crippen MR) is 233 cm³/mol. The molecule has 5 heterocycles. The first kappa shape index (κ1) is 38.2. The number of carbonyl (C=O) groups is 3. The third-order valence-corrected chi connectivity index (χ3v) is 13.4. The van der Waals surface area contributed by atoms with Crippen LogP contribution in [0.15, 0.2) is 146 Å². The van der Waals surface area contributed by atoms with Crippen molar-refractivity contribution < 1.29 is 14.4 Å². The molecule has 1 N–H and O–H groups in total. The smallest absolute Gasteiger partial charge is 0.270 e.